The lowest BCUT2D eigenvalue weighted by Crippen LogP contribution is -2.61. The van der Waals surface area contributed by atoms with E-state index in [0.717, 1.165) is 12.6 Å². The Morgan fingerprint density at radius 3 is 2.56 bits per heavy atom. The smallest absolute Gasteiger partial charge is 0.0346 e. The van der Waals surface area contributed by atoms with E-state index in [1.165, 1.54) is 50.4 Å². The molecule has 0 saturated carbocycles. The lowest BCUT2D eigenvalue weighted by atomic mass is 10.1. The van der Waals surface area contributed by atoms with E-state index < -0.39 is 0 Å². The largest absolute Gasteiger partial charge is 0.314 e. The molecule has 1 N–H and O–H groups in total. The number of nitrogens with zero attached hydrogens (tertiary/aromatic N) is 2. The van der Waals surface area contributed by atoms with Crippen LogP contribution in [-0.4, -0.2) is 55.1 Å². The Labute approximate surface area is 110 Å². The minimum absolute atomic E-state index is 0.811. The molecule has 3 rings (SSSR count). The van der Waals surface area contributed by atoms with Crippen LogP contribution in [0.4, 0.5) is 0 Å². The standard InChI is InChI=1S/C15H23N3/c1-13-3-2-4-14(9-13)12-17-5-7-18(8-6-17)15-10-16-11-15/h2-4,9,15-16H,5-8,10-12H2,1H3. The lowest BCUT2D eigenvalue weighted by Gasteiger charge is -2.43. The van der Waals surface area contributed by atoms with E-state index in [1.54, 1.807) is 0 Å². The SMILES string of the molecule is Cc1cccc(CN2CCN(C3CNC3)CC2)c1. The maximum absolute atomic E-state index is 3.36. The van der Waals surface area contributed by atoms with Crippen LogP contribution in [0.1, 0.15) is 11.1 Å². The van der Waals surface area contributed by atoms with Crippen molar-refractivity contribution in [1.29, 1.82) is 0 Å². The molecule has 18 heavy (non-hydrogen) atoms. The van der Waals surface area contributed by atoms with Crippen LogP contribution < -0.4 is 5.32 Å². The summed E-state index contributed by atoms with van der Waals surface area (Å²) in [7, 11) is 0. The molecule has 0 unspecified atom stereocenters. The number of hydrogen-bond donors (Lipinski definition) is 1. The Morgan fingerprint density at radius 2 is 1.94 bits per heavy atom. The molecule has 0 spiro atoms. The highest BCUT2D eigenvalue weighted by molar-refractivity contribution is 5.22. The van der Waals surface area contributed by atoms with Crippen LogP contribution in [0.25, 0.3) is 0 Å². The van der Waals surface area contributed by atoms with Gasteiger partial charge in [-0.25, -0.2) is 0 Å². The van der Waals surface area contributed by atoms with Gasteiger partial charge in [-0.2, -0.15) is 0 Å². The fourth-order valence-corrected chi connectivity index (χ4v) is 2.89. The number of hydrogen-bond acceptors (Lipinski definition) is 3. The molecule has 3 nitrogen and oxygen atoms in total. The van der Waals surface area contributed by atoms with Gasteiger partial charge in [-0.15, -0.1) is 0 Å². The van der Waals surface area contributed by atoms with Crippen molar-refractivity contribution in [3.05, 3.63) is 35.4 Å². The first kappa shape index (κ1) is 12.2. The molecule has 0 radical (unpaired) electrons. The molecule has 2 aliphatic rings. The molecule has 2 heterocycles. The Bertz CT molecular complexity index is 392. The van der Waals surface area contributed by atoms with Crippen LogP contribution >= 0.6 is 0 Å². The van der Waals surface area contributed by atoms with Gasteiger partial charge in [0.25, 0.3) is 0 Å². The monoisotopic (exact) mass is 245 g/mol. The summed E-state index contributed by atoms with van der Waals surface area (Å²) in [6.45, 7) is 10.6. The first-order chi connectivity index (χ1) is 8.81. The third-order valence-corrected chi connectivity index (χ3v) is 4.17. The van der Waals surface area contributed by atoms with Crippen LogP contribution in [-0.2, 0) is 6.54 Å². The van der Waals surface area contributed by atoms with Crippen LogP contribution in [0, 0.1) is 6.92 Å². The summed E-state index contributed by atoms with van der Waals surface area (Å²) in [4.78, 5) is 5.22. The molecular formula is C15H23N3. The van der Waals surface area contributed by atoms with Gasteiger partial charge in [-0.05, 0) is 12.5 Å². The van der Waals surface area contributed by atoms with Crippen LogP contribution in [0.5, 0.6) is 0 Å². The van der Waals surface area contributed by atoms with E-state index in [4.69, 9.17) is 0 Å². The van der Waals surface area contributed by atoms with E-state index in [9.17, 15) is 0 Å². The topological polar surface area (TPSA) is 18.5 Å². The van der Waals surface area contributed by atoms with Gasteiger partial charge < -0.3 is 5.32 Å². The molecule has 1 aromatic rings. The second kappa shape index (κ2) is 5.39. The second-order valence-electron chi connectivity index (χ2n) is 5.61. The molecule has 98 valence electrons. The third-order valence-electron chi connectivity index (χ3n) is 4.17. The maximum atomic E-state index is 3.36. The van der Waals surface area contributed by atoms with Crippen molar-refractivity contribution in [1.82, 2.24) is 15.1 Å². The minimum Gasteiger partial charge on any atom is -0.314 e. The van der Waals surface area contributed by atoms with Crippen molar-refractivity contribution in [2.24, 2.45) is 0 Å². The fourth-order valence-electron chi connectivity index (χ4n) is 2.89. The first-order valence-corrected chi connectivity index (χ1v) is 7.04. The fraction of sp³-hybridized carbons (Fsp3) is 0.600. The van der Waals surface area contributed by atoms with E-state index in [2.05, 4.69) is 46.3 Å². The first-order valence-electron chi connectivity index (χ1n) is 7.04. The van der Waals surface area contributed by atoms with Gasteiger partial charge in [-0.3, -0.25) is 9.80 Å². The van der Waals surface area contributed by atoms with Crippen LogP contribution in [0.3, 0.4) is 0 Å². The van der Waals surface area contributed by atoms with Gasteiger partial charge in [0.1, 0.15) is 0 Å². The summed E-state index contributed by atoms with van der Waals surface area (Å²) in [6, 6.07) is 9.70. The van der Waals surface area contributed by atoms with E-state index in [-0.39, 0.29) is 0 Å². The zero-order valence-electron chi connectivity index (χ0n) is 11.2. The van der Waals surface area contributed by atoms with Gasteiger partial charge >= 0.3 is 0 Å². The molecule has 0 aromatic heterocycles. The zero-order valence-corrected chi connectivity index (χ0v) is 11.2. The van der Waals surface area contributed by atoms with Crippen molar-refractivity contribution in [3.63, 3.8) is 0 Å². The van der Waals surface area contributed by atoms with Crippen molar-refractivity contribution in [3.8, 4) is 0 Å². The predicted molar refractivity (Wildman–Crippen MR) is 74.7 cm³/mol. The molecule has 2 fully saturated rings. The van der Waals surface area contributed by atoms with Gasteiger partial charge in [0.05, 0.1) is 0 Å². The Kier molecular flexibility index (Phi) is 3.64. The van der Waals surface area contributed by atoms with Crippen molar-refractivity contribution >= 4 is 0 Å². The quantitative estimate of drug-likeness (QED) is 0.860. The van der Waals surface area contributed by atoms with Gasteiger partial charge in [0, 0.05) is 51.9 Å². The number of aryl methyl sites for hydroxylation is 1. The molecule has 1 aromatic carbocycles. The van der Waals surface area contributed by atoms with Gasteiger partial charge in [-0.1, -0.05) is 29.8 Å². The summed E-state index contributed by atoms with van der Waals surface area (Å²) in [5.41, 5.74) is 2.82. The highest BCUT2D eigenvalue weighted by atomic mass is 15.3. The Hall–Kier alpha value is -0.900. The molecule has 0 aliphatic carbocycles. The molecule has 2 saturated heterocycles. The van der Waals surface area contributed by atoms with Crippen molar-refractivity contribution in [2.75, 3.05) is 39.3 Å². The number of rotatable bonds is 3. The predicted octanol–water partition coefficient (Wildman–Crippen LogP) is 1.08. The van der Waals surface area contributed by atoms with Gasteiger partial charge in [0.2, 0.25) is 0 Å². The lowest BCUT2D eigenvalue weighted by molar-refractivity contribution is 0.0695. The average Bonchev–Trinajstić information content (AvgIpc) is 2.29. The Morgan fingerprint density at radius 1 is 1.17 bits per heavy atom. The number of benzene rings is 1. The molecule has 0 atom stereocenters. The van der Waals surface area contributed by atoms with Gasteiger partial charge in [0.15, 0.2) is 0 Å². The zero-order chi connectivity index (χ0) is 12.4. The third kappa shape index (κ3) is 2.74. The summed E-state index contributed by atoms with van der Waals surface area (Å²) in [5.74, 6) is 0. The second-order valence-corrected chi connectivity index (χ2v) is 5.61. The summed E-state index contributed by atoms with van der Waals surface area (Å²) in [5, 5.41) is 3.36. The Balaban J connectivity index is 1.50. The highest BCUT2D eigenvalue weighted by Gasteiger charge is 2.27. The maximum Gasteiger partial charge on any atom is 0.0346 e. The normalized spacial score (nSPS) is 22.9. The van der Waals surface area contributed by atoms with Crippen molar-refractivity contribution in [2.45, 2.75) is 19.5 Å². The summed E-state index contributed by atoms with van der Waals surface area (Å²) < 4.78 is 0. The van der Waals surface area contributed by atoms with E-state index in [0.29, 0.717) is 0 Å². The summed E-state index contributed by atoms with van der Waals surface area (Å²) >= 11 is 0. The highest BCUT2D eigenvalue weighted by Crippen LogP contribution is 2.13. The molecule has 0 amide bonds. The number of piperazine rings is 1. The van der Waals surface area contributed by atoms with Crippen molar-refractivity contribution < 1.29 is 0 Å². The molecule has 2 aliphatic heterocycles. The van der Waals surface area contributed by atoms with E-state index >= 15 is 0 Å². The molecule has 0 bridgehead atoms. The molecular weight excluding hydrogens is 222 g/mol. The average molecular weight is 245 g/mol. The van der Waals surface area contributed by atoms with Crippen LogP contribution in [0.2, 0.25) is 0 Å². The molecule has 3 heteroatoms. The van der Waals surface area contributed by atoms with E-state index in [1.807, 2.05) is 0 Å². The minimum atomic E-state index is 0.811. The summed E-state index contributed by atoms with van der Waals surface area (Å²) in [6.07, 6.45) is 0. The number of nitrogens with one attached hydrogen (secondary N) is 1. The van der Waals surface area contributed by atoms with Crippen LogP contribution in [0.15, 0.2) is 24.3 Å².